The maximum absolute atomic E-state index is 14.4. The fraction of sp³-hybridized carbons (Fsp3) is 0.294. The third-order valence-corrected chi connectivity index (χ3v) is 3.27. The topological polar surface area (TPSA) is 56.7 Å². The van der Waals surface area contributed by atoms with E-state index in [1.165, 1.54) is 17.3 Å². The average Bonchev–Trinajstić information content (AvgIpc) is 2.75. The molecule has 1 aromatic carbocycles. The van der Waals surface area contributed by atoms with Crippen molar-refractivity contribution in [3.8, 4) is 11.1 Å². The van der Waals surface area contributed by atoms with E-state index >= 15 is 0 Å². The number of aryl methyl sites for hydroxylation is 2. The van der Waals surface area contributed by atoms with Crippen molar-refractivity contribution in [3.63, 3.8) is 0 Å². The number of hydrogen-bond donors (Lipinski definition) is 1. The number of nitrogen functional groups attached to an aromatic ring is 1. The van der Waals surface area contributed by atoms with Crippen LogP contribution in [0, 0.1) is 12.9 Å². The van der Waals surface area contributed by atoms with Crippen LogP contribution in [0.15, 0.2) is 30.6 Å². The van der Waals surface area contributed by atoms with Crippen molar-refractivity contribution < 1.29 is 4.39 Å². The van der Waals surface area contributed by atoms with Crippen molar-refractivity contribution in [2.45, 2.75) is 27.2 Å². The van der Waals surface area contributed by atoms with E-state index in [1.807, 2.05) is 31.2 Å². The molecule has 2 aromatic heterocycles. The molecule has 0 aliphatic rings. The zero-order valence-electron chi connectivity index (χ0n) is 13.4. The Labute approximate surface area is 129 Å². The molecule has 0 saturated carbocycles. The highest BCUT2D eigenvalue weighted by Gasteiger charge is 2.20. The maximum Gasteiger partial charge on any atom is 0.203 e. The highest BCUT2D eigenvalue weighted by molar-refractivity contribution is 6.00. The van der Waals surface area contributed by atoms with Gasteiger partial charge in [0.2, 0.25) is 5.95 Å². The Kier molecular flexibility index (Phi) is 4.75. The second-order valence-corrected chi connectivity index (χ2v) is 5.26. The average molecular weight is 300 g/mol. The van der Waals surface area contributed by atoms with Gasteiger partial charge in [-0.25, -0.2) is 9.97 Å². The number of anilines is 1. The van der Waals surface area contributed by atoms with Gasteiger partial charge in [-0.05, 0) is 12.5 Å². The van der Waals surface area contributed by atoms with Gasteiger partial charge in [0.05, 0.1) is 5.39 Å². The number of aromatic nitrogens is 3. The van der Waals surface area contributed by atoms with E-state index in [9.17, 15) is 4.39 Å². The van der Waals surface area contributed by atoms with Crippen LogP contribution in [0.1, 0.15) is 25.8 Å². The SMILES string of the molecule is CCC.Cc1ccc(-c2c(F)n(C)c3ncnc(N)c23)cc1. The Morgan fingerprint density at radius 3 is 2.32 bits per heavy atom. The van der Waals surface area contributed by atoms with Crippen LogP contribution in [0.2, 0.25) is 0 Å². The predicted molar refractivity (Wildman–Crippen MR) is 89.0 cm³/mol. The van der Waals surface area contributed by atoms with E-state index < -0.39 is 0 Å². The summed E-state index contributed by atoms with van der Waals surface area (Å²) in [6, 6.07) is 7.63. The minimum Gasteiger partial charge on any atom is -0.383 e. The molecule has 0 atom stereocenters. The van der Waals surface area contributed by atoms with Crippen LogP contribution in [-0.2, 0) is 7.05 Å². The zero-order valence-corrected chi connectivity index (χ0v) is 13.4. The first-order valence-corrected chi connectivity index (χ1v) is 7.32. The van der Waals surface area contributed by atoms with E-state index in [4.69, 9.17) is 5.73 Å². The van der Waals surface area contributed by atoms with Gasteiger partial charge in [0.1, 0.15) is 17.8 Å². The van der Waals surface area contributed by atoms with Gasteiger partial charge in [0.15, 0.2) is 0 Å². The van der Waals surface area contributed by atoms with E-state index in [-0.39, 0.29) is 5.95 Å². The van der Waals surface area contributed by atoms with Crippen molar-refractivity contribution in [2.24, 2.45) is 7.05 Å². The summed E-state index contributed by atoms with van der Waals surface area (Å²) in [4.78, 5) is 8.05. The minimum absolute atomic E-state index is 0.292. The lowest BCUT2D eigenvalue weighted by molar-refractivity contribution is 0.544. The fourth-order valence-corrected chi connectivity index (χ4v) is 2.23. The molecule has 0 fully saturated rings. The molecule has 0 aliphatic heterocycles. The standard InChI is InChI=1S/C14H13FN4.C3H8/c1-8-3-5-9(6-4-8)10-11-13(16)17-7-18-14(11)19(2)12(10)15;1-3-2/h3-7H,1-2H3,(H2,16,17,18);3H2,1-2H3. The molecule has 3 aromatic rings. The molecule has 0 amide bonds. The molecule has 0 spiro atoms. The number of fused-ring (bicyclic) bond motifs is 1. The number of rotatable bonds is 1. The summed E-state index contributed by atoms with van der Waals surface area (Å²) >= 11 is 0. The molecule has 22 heavy (non-hydrogen) atoms. The van der Waals surface area contributed by atoms with Gasteiger partial charge in [0.25, 0.3) is 0 Å². The summed E-state index contributed by atoms with van der Waals surface area (Å²) in [6.45, 7) is 6.24. The smallest absolute Gasteiger partial charge is 0.203 e. The van der Waals surface area contributed by atoms with Crippen LogP contribution in [0.3, 0.4) is 0 Å². The van der Waals surface area contributed by atoms with Crippen molar-refractivity contribution >= 4 is 16.9 Å². The van der Waals surface area contributed by atoms with Gasteiger partial charge in [-0.1, -0.05) is 50.1 Å². The summed E-state index contributed by atoms with van der Waals surface area (Å²) < 4.78 is 15.8. The fourth-order valence-electron chi connectivity index (χ4n) is 2.23. The van der Waals surface area contributed by atoms with Gasteiger partial charge in [-0.15, -0.1) is 0 Å². The first kappa shape index (κ1) is 15.9. The second-order valence-electron chi connectivity index (χ2n) is 5.26. The molecular formula is C17H21FN4. The van der Waals surface area contributed by atoms with Gasteiger partial charge in [-0.2, -0.15) is 4.39 Å². The quantitative estimate of drug-likeness (QED) is 0.736. The first-order chi connectivity index (χ1) is 10.5. The third kappa shape index (κ3) is 2.79. The van der Waals surface area contributed by atoms with Crippen LogP contribution in [0.5, 0.6) is 0 Å². The third-order valence-electron chi connectivity index (χ3n) is 3.27. The normalized spacial score (nSPS) is 10.4. The summed E-state index contributed by atoms with van der Waals surface area (Å²) in [7, 11) is 1.63. The van der Waals surface area contributed by atoms with E-state index in [0.717, 1.165) is 11.1 Å². The Morgan fingerprint density at radius 2 is 1.73 bits per heavy atom. The summed E-state index contributed by atoms with van der Waals surface area (Å²) in [5.74, 6) is -0.0638. The molecule has 0 saturated heterocycles. The van der Waals surface area contributed by atoms with Gasteiger partial charge in [0, 0.05) is 12.6 Å². The first-order valence-electron chi connectivity index (χ1n) is 7.32. The van der Waals surface area contributed by atoms with Gasteiger partial charge < -0.3 is 10.3 Å². The Hall–Kier alpha value is -2.43. The highest BCUT2D eigenvalue weighted by Crippen LogP contribution is 2.34. The van der Waals surface area contributed by atoms with Crippen LogP contribution in [-0.4, -0.2) is 14.5 Å². The van der Waals surface area contributed by atoms with E-state index in [0.29, 0.717) is 22.4 Å². The maximum atomic E-state index is 14.4. The molecular weight excluding hydrogens is 279 g/mol. The van der Waals surface area contributed by atoms with Crippen molar-refractivity contribution in [1.82, 2.24) is 14.5 Å². The Balaban J connectivity index is 0.000000545. The lowest BCUT2D eigenvalue weighted by Crippen LogP contribution is -1.95. The number of nitrogens with zero attached hydrogens (tertiary/aromatic N) is 3. The number of nitrogens with two attached hydrogens (primary N) is 1. The molecule has 3 rings (SSSR count). The second kappa shape index (κ2) is 6.56. The van der Waals surface area contributed by atoms with Gasteiger partial charge >= 0.3 is 0 Å². The molecule has 116 valence electrons. The molecule has 2 heterocycles. The lowest BCUT2D eigenvalue weighted by atomic mass is 10.0. The zero-order chi connectivity index (χ0) is 16.3. The predicted octanol–water partition coefficient (Wildman–Crippen LogP) is 4.08. The van der Waals surface area contributed by atoms with E-state index in [1.54, 1.807) is 7.05 Å². The minimum atomic E-state index is -0.356. The van der Waals surface area contributed by atoms with Crippen molar-refractivity contribution in [1.29, 1.82) is 0 Å². The highest BCUT2D eigenvalue weighted by atomic mass is 19.1. The van der Waals surface area contributed by atoms with Crippen LogP contribution >= 0.6 is 0 Å². The van der Waals surface area contributed by atoms with Gasteiger partial charge in [-0.3, -0.25) is 0 Å². The number of benzene rings is 1. The van der Waals surface area contributed by atoms with Crippen molar-refractivity contribution in [3.05, 3.63) is 42.1 Å². The summed E-state index contributed by atoms with van der Waals surface area (Å²) in [5, 5.41) is 0.561. The Morgan fingerprint density at radius 1 is 1.14 bits per heavy atom. The van der Waals surface area contributed by atoms with E-state index in [2.05, 4.69) is 23.8 Å². The van der Waals surface area contributed by atoms with Crippen LogP contribution < -0.4 is 5.73 Å². The Bertz CT molecular complexity index is 775. The monoisotopic (exact) mass is 300 g/mol. The number of halogens is 1. The molecule has 0 radical (unpaired) electrons. The largest absolute Gasteiger partial charge is 0.383 e. The lowest BCUT2D eigenvalue weighted by Gasteiger charge is -2.02. The molecule has 0 aliphatic carbocycles. The summed E-state index contributed by atoms with van der Waals surface area (Å²) in [6.07, 6.45) is 2.59. The molecule has 5 heteroatoms. The van der Waals surface area contributed by atoms with Crippen LogP contribution in [0.4, 0.5) is 10.2 Å². The van der Waals surface area contributed by atoms with Crippen LogP contribution in [0.25, 0.3) is 22.2 Å². The van der Waals surface area contributed by atoms with Crippen molar-refractivity contribution in [2.75, 3.05) is 5.73 Å². The molecule has 0 unspecified atom stereocenters. The molecule has 4 nitrogen and oxygen atoms in total. The summed E-state index contributed by atoms with van der Waals surface area (Å²) in [5.41, 5.74) is 8.72. The number of hydrogen-bond acceptors (Lipinski definition) is 3. The molecule has 2 N–H and O–H groups in total. The molecule has 0 bridgehead atoms.